The molecule has 1 N–H and O–H groups in total. The lowest BCUT2D eigenvalue weighted by Crippen LogP contribution is -2.45. The molecule has 1 aliphatic heterocycles. The van der Waals surface area contributed by atoms with Crippen molar-refractivity contribution in [3.63, 3.8) is 0 Å². The first-order valence-corrected chi connectivity index (χ1v) is 7.75. The Morgan fingerprint density at radius 3 is 2.71 bits per heavy atom. The Morgan fingerprint density at radius 1 is 1.29 bits per heavy atom. The predicted molar refractivity (Wildman–Crippen MR) is 75.8 cm³/mol. The fraction of sp³-hybridized carbons (Fsp3) is 0.647. The molecule has 2 nitrogen and oxygen atoms in total. The van der Waals surface area contributed by atoms with E-state index in [2.05, 4.69) is 0 Å². The quantitative estimate of drug-likeness (QED) is 0.896. The van der Waals surface area contributed by atoms with Crippen LogP contribution in [0.5, 0.6) is 0 Å². The van der Waals surface area contributed by atoms with Crippen LogP contribution >= 0.6 is 0 Å². The molecule has 2 atom stereocenters. The van der Waals surface area contributed by atoms with Gasteiger partial charge in [0.1, 0.15) is 0 Å². The van der Waals surface area contributed by atoms with Gasteiger partial charge in [0.2, 0.25) is 0 Å². The molecule has 1 aliphatic carbocycles. The third-order valence-corrected chi connectivity index (χ3v) is 5.30. The molecule has 1 spiro atoms. The fourth-order valence-corrected chi connectivity index (χ4v) is 3.99. The first kappa shape index (κ1) is 14.9. The zero-order chi connectivity index (χ0) is 15.1. The Balaban J connectivity index is 1.88. The second-order valence-electron chi connectivity index (χ2n) is 6.68. The Morgan fingerprint density at radius 2 is 2.00 bits per heavy atom. The van der Waals surface area contributed by atoms with E-state index in [4.69, 9.17) is 4.74 Å². The summed E-state index contributed by atoms with van der Waals surface area (Å²) in [6.07, 6.45) is 5.68. The molecule has 0 radical (unpaired) electrons. The highest BCUT2D eigenvalue weighted by Gasteiger charge is 2.46. The van der Waals surface area contributed by atoms with Gasteiger partial charge in [0.05, 0.1) is 11.2 Å². The predicted octanol–water partition coefficient (Wildman–Crippen LogP) is 3.91. The van der Waals surface area contributed by atoms with Crippen LogP contribution < -0.4 is 0 Å². The maximum absolute atomic E-state index is 14.1. The van der Waals surface area contributed by atoms with Gasteiger partial charge in [-0.3, -0.25) is 0 Å². The SMILES string of the molecule is CC(O)(c1cccc(F)c1F)C1CCOC2(CCCC2)C1. The van der Waals surface area contributed by atoms with Crippen LogP contribution in [0.4, 0.5) is 8.78 Å². The second kappa shape index (κ2) is 5.33. The molecule has 1 aromatic rings. The average molecular weight is 296 g/mol. The normalized spacial score (nSPS) is 27.7. The van der Waals surface area contributed by atoms with Crippen molar-refractivity contribution in [3.05, 3.63) is 35.4 Å². The maximum Gasteiger partial charge on any atom is 0.164 e. The van der Waals surface area contributed by atoms with Crippen molar-refractivity contribution in [2.24, 2.45) is 5.92 Å². The number of hydrogen-bond acceptors (Lipinski definition) is 2. The molecular weight excluding hydrogens is 274 g/mol. The van der Waals surface area contributed by atoms with Crippen molar-refractivity contribution in [1.29, 1.82) is 0 Å². The van der Waals surface area contributed by atoms with Crippen LogP contribution in [-0.4, -0.2) is 17.3 Å². The van der Waals surface area contributed by atoms with Gasteiger partial charge < -0.3 is 9.84 Å². The molecule has 1 aromatic carbocycles. The number of benzene rings is 1. The van der Waals surface area contributed by atoms with Crippen molar-refractivity contribution in [1.82, 2.24) is 0 Å². The zero-order valence-corrected chi connectivity index (χ0v) is 12.4. The van der Waals surface area contributed by atoms with E-state index in [0.29, 0.717) is 13.0 Å². The third-order valence-electron chi connectivity index (χ3n) is 5.30. The Hall–Kier alpha value is -1.00. The second-order valence-corrected chi connectivity index (χ2v) is 6.68. The van der Waals surface area contributed by atoms with Crippen molar-refractivity contribution in [3.8, 4) is 0 Å². The van der Waals surface area contributed by atoms with Crippen LogP contribution in [0.2, 0.25) is 0 Å². The van der Waals surface area contributed by atoms with Crippen LogP contribution in [0.25, 0.3) is 0 Å². The summed E-state index contributed by atoms with van der Waals surface area (Å²) in [4.78, 5) is 0. The molecule has 2 unspecified atom stereocenters. The van der Waals surface area contributed by atoms with Crippen LogP contribution in [0.1, 0.15) is 51.0 Å². The summed E-state index contributed by atoms with van der Waals surface area (Å²) < 4.78 is 33.5. The summed E-state index contributed by atoms with van der Waals surface area (Å²) in [7, 11) is 0. The van der Waals surface area contributed by atoms with Crippen molar-refractivity contribution < 1.29 is 18.6 Å². The minimum atomic E-state index is -1.37. The number of ether oxygens (including phenoxy) is 1. The summed E-state index contributed by atoms with van der Waals surface area (Å²) in [6.45, 7) is 2.18. The summed E-state index contributed by atoms with van der Waals surface area (Å²) >= 11 is 0. The molecule has 21 heavy (non-hydrogen) atoms. The van der Waals surface area contributed by atoms with Crippen molar-refractivity contribution in [2.75, 3.05) is 6.61 Å². The fourth-order valence-electron chi connectivity index (χ4n) is 3.99. The van der Waals surface area contributed by atoms with E-state index in [9.17, 15) is 13.9 Å². The van der Waals surface area contributed by atoms with E-state index in [0.717, 1.165) is 38.2 Å². The van der Waals surface area contributed by atoms with E-state index in [-0.39, 0.29) is 17.1 Å². The van der Waals surface area contributed by atoms with Crippen molar-refractivity contribution >= 4 is 0 Å². The third kappa shape index (κ3) is 2.59. The number of rotatable bonds is 2. The van der Waals surface area contributed by atoms with Crippen LogP contribution in [0.3, 0.4) is 0 Å². The van der Waals surface area contributed by atoms with Crippen LogP contribution in [-0.2, 0) is 10.3 Å². The van der Waals surface area contributed by atoms with Gasteiger partial charge in [0, 0.05) is 12.2 Å². The highest BCUT2D eigenvalue weighted by molar-refractivity contribution is 5.26. The van der Waals surface area contributed by atoms with Gasteiger partial charge in [0.25, 0.3) is 0 Å². The van der Waals surface area contributed by atoms with E-state index < -0.39 is 17.2 Å². The lowest BCUT2D eigenvalue weighted by atomic mass is 9.73. The molecular formula is C17H22F2O2. The highest BCUT2D eigenvalue weighted by atomic mass is 19.2. The molecule has 0 aromatic heterocycles. The van der Waals surface area contributed by atoms with E-state index in [1.165, 1.54) is 12.1 Å². The van der Waals surface area contributed by atoms with Gasteiger partial charge in [-0.25, -0.2) is 8.78 Å². The minimum absolute atomic E-state index is 0.0579. The molecule has 116 valence electrons. The minimum Gasteiger partial charge on any atom is -0.385 e. The topological polar surface area (TPSA) is 29.5 Å². The largest absolute Gasteiger partial charge is 0.385 e. The standard InChI is InChI=1S/C17H22F2O2/c1-16(20,13-5-4-6-14(18)15(13)19)12-7-10-21-17(11-12)8-2-3-9-17/h4-6,12,20H,2-3,7-11H2,1H3. The van der Waals surface area contributed by atoms with Gasteiger partial charge >= 0.3 is 0 Å². The lowest BCUT2D eigenvalue weighted by molar-refractivity contribution is -0.139. The molecule has 2 aliphatic rings. The van der Waals surface area contributed by atoms with Gasteiger partial charge in [0.15, 0.2) is 11.6 Å². The number of aliphatic hydroxyl groups is 1. The van der Waals surface area contributed by atoms with Crippen LogP contribution in [0, 0.1) is 17.6 Å². The Labute approximate surface area is 124 Å². The average Bonchev–Trinajstić information content (AvgIpc) is 2.89. The summed E-state index contributed by atoms with van der Waals surface area (Å²) in [5.74, 6) is -1.95. The molecule has 2 fully saturated rings. The van der Waals surface area contributed by atoms with Gasteiger partial charge in [-0.1, -0.05) is 25.0 Å². The Kier molecular flexibility index (Phi) is 3.78. The monoisotopic (exact) mass is 296 g/mol. The molecule has 4 heteroatoms. The van der Waals surface area contributed by atoms with Gasteiger partial charge in [-0.2, -0.15) is 0 Å². The summed E-state index contributed by atoms with van der Waals surface area (Å²) in [5.41, 5.74) is -1.47. The summed E-state index contributed by atoms with van der Waals surface area (Å²) in [5, 5.41) is 10.9. The number of halogens is 2. The molecule has 3 rings (SSSR count). The first-order valence-electron chi connectivity index (χ1n) is 7.75. The zero-order valence-electron chi connectivity index (χ0n) is 12.4. The maximum atomic E-state index is 14.1. The molecule has 0 bridgehead atoms. The van der Waals surface area contributed by atoms with Gasteiger partial charge in [-0.05, 0) is 44.6 Å². The Bertz CT molecular complexity index is 522. The molecule has 0 amide bonds. The highest BCUT2D eigenvalue weighted by Crippen LogP contribution is 2.47. The lowest BCUT2D eigenvalue weighted by Gasteiger charge is -2.44. The summed E-state index contributed by atoms with van der Waals surface area (Å²) in [6, 6.07) is 4.01. The van der Waals surface area contributed by atoms with E-state index in [1.54, 1.807) is 6.92 Å². The van der Waals surface area contributed by atoms with Crippen molar-refractivity contribution in [2.45, 2.75) is 56.7 Å². The number of hydrogen-bond donors (Lipinski definition) is 1. The van der Waals surface area contributed by atoms with Gasteiger partial charge in [-0.15, -0.1) is 0 Å². The van der Waals surface area contributed by atoms with E-state index >= 15 is 0 Å². The molecule has 1 saturated heterocycles. The van der Waals surface area contributed by atoms with Crippen LogP contribution in [0.15, 0.2) is 18.2 Å². The smallest absolute Gasteiger partial charge is 0.164 e. The molecule has 1 heterocycles. The molecule has 1 saturated carbocycles. The first-order chi connectivity index (χ1) is 9.95. The van der Waals surface area contributed by atoms with E-state index in [1.807, 2.05) is 0 Å².